The van der Waals surface area contributed by atoms with Crippen molar-refractivity contribution in [2.75, 3.05) is 0 Å². The first-order valence-electron chi connectivity index (χ1n) is 4.97. The molecule has 0 saturated heterocycles. The molecule has 1 aromatic carbocycles. The smallest absolute Gasteiger partial charge is 0.180 e. The van der Waals surface area contributed by atoms with Crippen molar-refractivity contribution in [3.8, 4) is 5.75 Å². The summed E-state index contributed by atoms with van der Waals surface area (Å²) in [5.41, 5.74) is 0.670. The van der Waals surface area contributed by atoms with Crippen LogP contribution in [-0.4, -0.2) is 11.6 Å². The van der Waals surface area contributed by atoms with Crippen LogP contribution in [-0.2, 0) is 5.11 Å². The number of Topliss-reactive ketones (excluding diaryl/α,β-unsaturated/α-hetero) is 2. The summed E-state index contributed by atoms with van der Waals surface area (Å²) in [4.78, 5) is 22.8. The van der Waals surface area contributed by atoms with Gasteiger partial charge in [0.1, 0.15) is 0 Å². The van der Waals surface area contributed by atoms with Crippen molar-refractivity contribution >= 4 is 11.6 Å². The van der Waals surface area contributed by atoms with Crippen LogP contribution in [0.4, 0.5) is 0 Å². The van der Waals surface area contributed by atoms with Gasteiger partial charge >= 0.3 is 0 Å². The predicted molar refractivity (Wildman–Crippen MR) is 55.8 cm³/mol. The highest BCUT2D eigenvalue weighted by Crippen LogP contribution is 2.18. The molecule has 15 heavy (non-hydrogen) atoms. The fourth-order valence-corrected chi connectivity index (χ4v) is 1.33. The second-order valence-electron chi connectivity index (χ2n) is 3.30. The SMILES string of the molecule is CCC(=O)c1cc([O])cc(C(=O)CC)c1. The van der Waals surface area contributed by atoms with Crippen LogP contribution in [0.5, 0.6) is 5.75 Å². The second kappa shape index (κ2) is 4.73. The molecule has 0 aliphatic carbocycles. The van der Waals surface area contributed by atoms with Gasteiger partial charge in [0.05, 0.1) is 0 Å². The van der Waals surface area contributed by atoms with Gasteiger partial charge in [-0.15, -0.1) is 0 Å². The number of hydrogen-bond acceptors (Lipinski definition) is 2. The van der Waals surface area contributed by atoms with E-state index in [0.717, 1.165) is 0 Å². The van der Waals surface area contributed by atoms with Gasteiger partial charge in [-0.3, -0.25) is 14.7 Å². The lowest BCUT2D eigenvalue weighted by molar-refractivity contribution is 0.0987. The van der Waals surface area contributed by atoms with E-state index in [9.17, 15) is 14.7 Å². The van der Waals surface area contributed by atoms with Crippen LogP contribution < -0.4 is 0 Å². The first-order valence-corrected chi connectivity index (χ1v) is 4.97. The minimum atomic E-state index is -0.286. The van der Waals surface area contributed by atoms with Crippen LogP contribution in [0, 0.1) is 0 Å². The molecule has 0 unspecified atom stereocenters. The third-order valence-corrected chi connectivity index (χ3v) is 2.19. The van der Waals surface area contributed by atoms with Gasteiger partial charge < -0.3 is 0 Å². The summed E-state index contributed by atoms with van der Waals surface area (Å²) in [6.07, 6.45) is 0.673. The maximum atomic E-state index is 11.4. The van der Waals surface area contributed by atoms with Crippen molar-refractivity contribution in [2.24, 2.45) is 0 Å². The molecule has 0 spiro atoms. The molecule has 0 aliphatic heterocycles. The zero-order chi connectivity index (χ0) is 11.4. The van der Waals surface area contributed by atoms with E-state index >= 15 is 0 Å². The fraction of sp³-hybridized carbons (Fsp3) is 0.333. The molecule has 0 atom stereocenters. The first kappa shape index (κ1) is 11.4. The molecule has 0 aliphatic rings. The predicted octanol–water partition coefficient (Wildman–Crippen LogP) is 3.02. The maximum Gasteiger partial charge on any atom is 0.180 e. The summed E-state index contributed by atoms with van der Waals surface area (Å²) < 4.78 is 0. The molecule has 1 aromatic rings. The van der Waals surface area contributed by atoms with Crippen molar-refractivity contribution < 1.29 is 14.7 Å². The van der Waals surface area contributed by atoms with Gasteiger partial charge in [0.25, 0.3) is 0 Å². The van der Waals surface area contributed by atoms with E-state index in [4.69, 9.17) is 0 Å². The van der Waals surface area contributed by atoms with Crippen LogP contribution in [0.2, 0.25) is 0 Å². The minimum absolute atomic E-state index is 0.113. The Bertz CT molecular complexity index is 360. The molecule has 0 saturated carbocycles. The quantitative estimate of drug-likeness (QED) is 0.709. The summed E-state index contributed by atoms with van der Waals surface area (Å²) in [7, 11) is 0. The van der Waals surface area contributed by atoms with Gasteiger partial charge in [0, 0.05) is 24.0 Å². The lowest BCUT2D eigenvalue weighted by Gasteiger charge is -2.02. The van der Waals surface area contributed by atoms with Gasteiger partial charge in [-0.2, -0.15) is 0 Å². The van der Waals surface area contributed by atoms with E-state index in [2.05, 4.69) is 0 Å². The average Bonchev–Trinajstić information content (AvgIpc) is 2.26. The van der Waals surface area contributed by atoms with Gasteiger partial charge in [0.2, 0.25) is 0 Å². The molecule has 0 N–H and O–H groups in total. The number of carbonyl (C=O) groups excluding carboxylic acids is 2. The largest absolute Gasteiger partial charge is 0.294 e. The molecule has 0 bridgehead atoms. The minimum Gasteiger partial charge on any atom is -0.294 e. The maximum absolute atomic E-state index is 11.4. The Morgan fingerprint density at radius 1 is 0.933 bits per heavy atom. The average molecular weight is 205 g/mol. The molecule has 3 heteroatoms. The number of rotatable bonds is 4. The molecule has 0 aromatic heterocycles. The third kappa shape index (κ3) is 2.65. The fourth-order valence-electron chi connectivity index (χ4n) is 1.33. The van der Waals surface area contributed by atoms with Gasteiger partial charge in [0.15, 0.2) is 17.3 Å². The van der Waals surface area contributed by atoms with Crippen LogP contribution in [0.1, 0.15) is 47.4 Å². The molecule has 1 radical (unpaired) electrons. The van der Waals surface area contributed by atoms with Crippen molar-refractivity contribution in [2.45, 2.75) is 26.7 Å². The Morgan fingerprint density at radius 3 is 1.67 bits per heavy atom. The topological polar surface area (TPSA) is 54.0 Å². The Labute approximate surface area is 88.7 Å². The van der Waals surface area contributed by atoms with Crippen LogP contribution in [0.25, 0.3) is 0 Å². The molecular formula is C12H13O3. The highest BCUT2D eigenvalue weighted by molar-refractivity contribution is 6.01. The summed E-state index contributed by atoms with van der Waals surface area (Å²) >= 11 is 0. The van der Waals surface area contributed by atoms with Crippen LogP contribution in [0.3, 0.4) is 0 Å². The Balaban J connectivity index is 3.16. The zero-order valence-electron chi connectivity index (χ0n) is 8.87. The Hall–Kier alpha value is -1.64. The van der Waals surface area contributed by atoms with Crippen molar-refractivity contribution in [3.63, 3.8) is 0 Å². The zero-order valence-corrected chi connectivity index (χ0v) is 8.87. The van der Waals surface area contributed by atoms with Crippen molar-refractivity contribution in [3.05, 3.63) is 29.3 Å². The van der Waals surface area contributed by atoms with Gasteiger partial charge in [-0.05, 0) is 18.2 Å². The Kier molecular flexibility index (Phi) is 3.61. The first-order chi connectivity index (χ1) is 7.08. The van der Waals surface area contributed by atoms with Crippen molar-refractivity contribution in [1.82, 2.24) is 0 Å². The van der Waals surface area contributed by atoms with Crippen LogP contribution >= 0.6 is 0 Å². The summed E-state index contributed by atoms with van der Waals surface area (Å²) in [5, 5.41) is 11.2. The number of hydrogen-bond donors (Lipinski definition) is 0. The van der Waals surface area contributed by atoms with E-state index in [0.29, 0.717) is 24.0 Å². The molecular weight excluding hydrogens is 192 g/mol. The summed E-state index contributed by atoms with van der Waals surface area (Å²) in [6.45, 7) is 3.45. The monoisotopic (exact) mass is 205 g/mol. The third-order valence-electron chi connectivity index (χ3n) is 2.19. The molecule has 0 amide bonds. The number of benzene rings is 1. The van der Waals surface area contributed by atoms with Crippen molar-refractivity contribution in [1.29, 1.82) is 0 Å². The van der Waals surface area contributed by atoms with Crippen LogP contribution in [0.15, 0.2) is 18.2 Å². The lowest BCUT2D eigenvalue weighted by Crippen LogP contribution is -2.01. The van der Waals surface area contributed by atoms with Gasteiger partial charge in [-0.25, -0.2) is 0 Å². The second-order valence-corrected chi connectivity index (χ2v) is 3.30. The Morgan fingerprint density at radius 2 is 1.33 bits per heavy atom. The molecule has 3 nitrogen and oxygen atoms in total. The van der Waals surface area contributed by atoms with E-state index in [-0.39, 0.29) is 17.3 Å². The number of ketones is 2. The lowest BCUT2D eigenvalue weighted by atomic mass is 10.0. The summed E-state index contributed by atoms with van der Waals surface area (Å²) in [5.74, 6) is -0.512. The highest BCUT2D eigenvalue weighted by Gasteiger charge is 2.11. The molecule has 1 rings (SSSR count). The highest BCUT2D eigenvalue weighted by atomic mass is 16.3. The van der Waals surface area contributed by atoms with E-state index in [1.807, 2.05) is 0 Å². The number of carbonyl (C=O) groups is 2. The molecule has 79 valence electrons. The molecule has 0 fully saturated rings. The van der Waals surface area contributed by atoms with E-state index in [1.165, 1.54) is 18.2 Å². The van der Waals surface area contributed by atoms with Gasteiger partial charge in [-0.1, -0.05) is 13.8 Å². The molecule has 0 heterocycles. The summed E-state index contributed by atoms with van der Waals surface area (Å²) in [6, 6.07) is 4.05. The van der Waals surface area contributed by atoms with E-state index < -0.39 is 0 Å². The normalized spacial score (nSPS) is 10.0. The standard InChI is InChI=1S/C12H13O3/c1-3-11(14)8-5-9(12(15)4-2)7-10(13)6-8/h5-7H,3-4H2,1-2H3. The van der Waals surface area contributed by atoms with E-state index in [1.54, 1.807) is 13.8 Å².